The molecule has 3 heterocycles. The standard InChI is InChI=1S/C24H19N5O3S/c1-32-21-8-3-2-7-18(21)19-9-10-23(31)29(27-19)15-22(30)25-17-6-4-5-16(13-17)20-14-28-11-12-33-24(28)26-20/h2-14H,15H2,1H3,(H,25,30). The summed E-state index contributed by atoms with van der Waals surface area (Å²) < 4.78 is 8.48. The number of carbonyl (C=O) groups is 1. The summed E-state index contributed by atoms with van der Waals surface area (Å²) in [6, 6.07) is 17.8. The molecular weight excluding hydrogens is 438 g/mol. The van der Waals surface area contributed by atoms with Crippen LogP contribution in [0.1, 0.15) is 0 Å². The predicted octanol–water partition coefficient (Wildman–Crippen LogP) is 3.93. The molecular formula is C24H19N5O3S. The van der Waals surface area contributed by atoms with E-state index in [0.29, 0.717) is 17.1 Å². The quantitative estimate of drug-likeness (QED) is 0.417. The van der Waals surface area contributed by atoms with Gasteiger partial charge in [0, 0.05) is 40.7 Å². The first-order valence-electron chi connectivity index (χ1n) is 10.1. The fourth-order valence-corrected chi connectivity index (χ4v) is 4.22. The van der Waals surface area contributed by atoms with Crippen LogP contribution in [0.15, 0.2) is 83.2 Å². The average molecular weight is 458 g/mol. The van der Waals surface area contributed by atoms with Crippen LogP contribution < -0.4 is 15.6 Å². The molecule has 0 unspecified atom stereocenters. The van der Waals surface area contributed by atoms with Gasteiger partial charge in [0.15, 0.2) is 4.96 Å². The summed E-state index contributed by atoms with van der Waals surface area (Å²) in [7, 11) is 1.57. The van der Waals surface area contributed by atoms with Crippen molar-refractivity contribution in [3.63, 3.8) is 0 Å². The van der Waals surface area contributed by atoms with Crippen LogP contribution in [0.3, 0.4) is 0 Å². The summed E-state index contributed by atoms with van der Waals surface area (Å²) in [5, 5.41) is 9.18. The Morgan fingerprint density at radius 3 is 2.82 bits per heavy atom. The van der Waals surface area contributed by atoms with E-state index in [9.17, 15) is 9.59 Å². The minimum atomic E-state index is -0.365. The zero-order valence-electron chi connectivity index (χ0n) is 17.6. The van der Waals surface area contributed by atoms with Crippen LogP contribution in [0.4, 0.5) is 5.69 Å². The van der Waals surface area contributed by atoms with Crippen LogP contribution in [0.5, 0.6) is 5.75 Å². The van der Waals surface area contributed by atoms with E-state index in [2.05, 4.69) is 15.4 Å². The molecule has 9 heteroatoms. The summed E-state index contributed by atoms with van der Waals surface area (Å²) in [6.07, 6.45) is 3.89. The van der Waals surface area contributed by atoms with Crippen molar-refractivity contribution < 1.29 is 9.53 Å². The lowest BCUT2D eigenvalue weighted by Crippen LogP contribution is -2.29. The number of carbonyl (C=O) groups excluding carboxylic acids is 1. The van der Waals surface area contributed by atoms with E-state index >= 15 is 0 Å². The number of anilines is 1. The highest BCUT2D eigenvalue weighted by molar-refractivity contribution is 7.15. The van der Waals surface area contributed by atoms with Crippen LogP contribution in [0.25, 0.3) is 27.5 Å². The van der Waals surface area contributed by atoms with E-state index in [0.717, 1.165) is 26.5 Å². The van der Waals surface area contributed by atoms with Gasteiger partial charge in [-0.2, -0.15) is 5.10 Å². The molecule has 0 bridgehead atoms. The zero-order valence-corrected chi connectivity index (χ0v) is 18.5. The normalized spacial score (nSPS) is 10.9. The van der Waals surface area contributed by atoms with Crippen LogP contribution in [0, 0.1) is 0 Å². The van der Waals surface area contributed by atoms with Crippen molar-refractivity contribution >= 4 is 27.9 Å². The number of nitrogens with zero attached hydrogens (tertiary/aromatic N) is 4. The van der Waals surface area contributed by atoms with Crippen molar-refractivity contribution in [2.75, 3.05) is 12.4 Å². The molecule has 0 fully saturated rings. The van der Waals surface area contributed by atoms with Gasteiger partial charge in [0.1, 0.15) is 12.3 Å². The number of hydrogen-bond donors (Lipinski definition) is 1. The molecule has 1 amide bonds. The number of benzene rings is 2. The Hall–Kier alpha value is -4.24. The van der Waals surface area contributed by atoms with Crippen molar-refractivity contribution in [2.24, 2.45) is 0 Å². The number of methoxy groups -OCH3 is 1. The second-order valence-electron chi connectivity index (χ2n) is 7.26. The zero-order chi connectivity index (χ0) is 22.8. The largest absolute Gasteiger partial charge is 0.496 e. The highest BCUT2D eigenvalue weighted by Gasteiger charge is 2.12. The molecule has 0 aliphatic carbocycles. The Kier molecular flexibility index (Phi) is 5.45. The number of imidazole rings is 1. The summed E-state index contributed by atoms with van der Waals surface area (Å²) in [4.78, 5) is 30.5. The van der Waals surface area contributed by atoms with Gasteiger partial charge < -0.3 is 10.1 Å². The molecule has 0 spiro atoms. The van der Waals surface area contributed by atoms with E-state index in [1.54, 1.807) is 30.6 Å². The number of thiazole rings is 1. The molecule has 0 aliphatic rings. The first-order valence-corrected chi connectivity index (χ1v) is 11.0. The molecule has 0 aliphatic heterocycles. The van der Waals surface area contributed by atoms with Crippen LogP contribution in [-0.2, 0) is 11.3 Å². The summed E-state index contributed by atoms with van der Waals surface area (Å²) in [6.45, 7) is -0.216. The topological polar surface area (TPSA) is 90.5 Å². The molecule has 5 rings (SSSR count). The van der Waals surface area contributed by atoms with Crippen LogP contribution in [0.2, 0.25) is 0 Å². The maximum Gasteiger partial charge on any atom is 0.267 e. The van der Waals surface area contributed by atoms with Crippen LogP contribution in [-0.4, -0.2) is 32.2 Å². The van der Waals surface area contributed by atoms with E-state index < -0.39 is 0 Å². The molecule has 164 valence electrons. The number of rotatable bonds is 6. The molecule has 2 aromatic carbocycles. The van der Waals surface area contributed by atoms with Crippen molar-refractivity contribution in [1.82, 2.24) is 19.2 Å². The third kappa shape index (κ3) is 4.26. The Labute approximate surface area is 192 Å². The fraction of sp³-hybridized carbons (Fsp3) is 0.0833. The van der Waals surface area contributed by atoms with Gasteiger partial charge >= 0.3 is 0 Å². The summed E-state index contributed by atoms with van der Waals surface area (Å²) in [5.41, 5.74) is 3.24. The number of para-hydroxylation sites is 1. The molecule has 0 atom stereocenters. The van der Waals surface area contributed by atoms with Gasteiger partial charge in [-0.25, -0.2) is 9.67 Å². The lowest BCUT2D eigenvalue weighted by Gasteiger charge is -2.11. The van der Waals surface area contributed by atoms with Crippen LogP contribution >= 0.6 is 11.3 Å². The minimum Gasteiger partial charge on any atom is -0.496 e. The fourth-order valence-electron chi connectivity index (χ4n) is 3.52. The van der Waals surface area contributed by atoms with Gasteiger partial charge in [-0.3, -0.25) is 14.0 Å². The van der Waals surface area contributed by atoms with E-state index in [4.69, 9.17) is 4.74 Å². The third-order valence-corrected chi connectivity index (χ3v) is 5.85. The van der Waals surface area contributed by atoms with E-state index in [1.165, 1.54) is 6.07 Å². The van der Waals surface area contributed by atoms with Crippen molar-refractivity contribution in [3.8, 4) is 28.3 Å². The monoisotopic (exact) mass is 457 g/mol. The maximum atomic E-state index is 12.7. The molecule has 0 saturated carbocycles. The number of hydrogen-bond acceptors (Lipinski definition) is 6. The number of amides is 1. The molecule has 5 aromatic rings. The highest BCUT2D eigenvalue weighted by atomic mass is 32.1. The predicted molar refractivity (Wildman–Crippen MR) is 128 cm³/mol. The number of aromatic nitrogens is 4. The molecule has 0 radical (unpaired) electrons. The Bertz CT molecular complexity index is 1490. The Morgan fingerprint density at radius 2 is 1.97 bits per heavy atom. The van der Waals surface area contributed by atoms with E-state index in [1.807, 2.05) is 64.6 Å². The van der Waals surface area contributed by atoms with Gasteiger partial charge in [0.05, 0.1) is 18.5 Å². The average Bonchev–Trinajstić information content (AvgIpc) is 3.43. The highest BCUT2D eigenvalue weighted by Crippen LogP contribution is 2.27. The molecule has 3 aromatic heterocycles. The molecule has 1 N–H and O–H groups in total. The minimum absolute atomic E-state index is 0.216. The Balaban J connectivity index is 1.35. The third-order valence-electron chi connectivity index (χ3n) is 5.08. The summed E-state index contributed by atoms with van der Waals surface area (Å²) >= 11 is 1.56. The molecule has 33 heavy (non-hydrogen) atoms. The first kappa shape index (κ1) is 20.7. The molecule has 8 nitrogen and oxygen atoms in total. The van der Waals surface area contributed by atoms with Gasteiger partial charge in [-0.05, 0) is 30.3 Å². The van der Waals surface area contributed by atoms with Crippen molar-refractivity contribution in [2.45, 2.75) is 6.54 Å². The van der Waals surface area contributed by atoms with Gasteiger partial charge in [0.2, 0.25) is 5.91 Å². The number of ether oxygens (including phenoxy) is 1. The lowest BCUT2D eigenvalue weighted by molar-refractivity contribution is -0.117. The molecule has 0 saturated heterocycles. The van der Waals surface area contributed by atoms with Gasteiger partial charge in [0.25, 0.3) is 5.56 Å². The smallest absolute Gasteiger partial charge is 0.267 e. The Morgan fingerprint density at radius 1 is 1.09 bits per heavy atom. The van der Waals surface area contributed by atoms with E-state index in [-0.39, 0.29) is 18.0 Å². The van der Waals surface area contributed by atoms with Gasteiger partial charge in [-0.15, -0.1) is 11.3 Å². The van der Waals surface area contributed by atoms with Crippen molar-refractivity contribution in [3.05, 3.63) is 88.8 Å². The first-order chi connectivity index (χ1) is 16.1. The van der Waals surface area contributed by atoms with Crippen molar-refractivity contribution in [1.29, 1.82) is 0 Å². The second-order valence-corrected chi connectivity index (χ2v) is 8.14. The maximum absolute atomic E-state index is 12.7. The second kappa shape index (κ2) is 8.71. The number of nitrogens with one attached hydrogen (secondary N) is 1. The lowest BCUT2D eigenvalue weighted by atomic mass is 10.1. The number of fused-ring (bicyclic) bond motifs is 1. The summed E-state index contributed by atoms with van der Waals surface area (Å²) in [5.74, 6) is 0.278. The SMILES string of the molecule is COc1ccccc1-c1ccc(=O)n(CC(=O)Nc2cccc(-c3cn4ccsc4n3)c2)n1. The van der Waals surface area contributed by atoms with Gasteiger partial charge in [-0.1, -0.05) is 24.3 Å².